The summed E-state index contributed by atoms with van der Waals surface area (Å²) in [7, 11) is -3.32. The highest BCUT2D eigenvalue weighted by molar-refractivity contribution is 7.92. The first kappa shape index (κ1) is 19.4. The maximum Gasteiger partial charge on any atom is 0.319 e. The van der Waals surface area contributed by atoms with Crippen LogP contribution in [0.3, 0.4) is 0 Å². The normalized spacial score (nSPS) is 20.0. The van der Waals surface area contributed by atoms with E-state index in [4.69, 9.17) is 0 Å². The van der Waals surface area contributed by atoms with Crippen LogP contribution in [0.5, 0.6) is 0 Å². The Morgan fingerprint density at radius 1 is 1.19 bits per heavy atom. The number of benzene rings is 1. The maximum absolute atomic E-state index is 12.8. The van der Waals surface area contributed by atoms with E-state index in [1.54, 1.807) is 42.7 Å². The molecule has 7 heteroatoms. The van der Waals surface area contributed by atoms with E-state index in [0.29, 0.717) is 23.0 Å². The van der Waals surface area contributed by atoms with E-state index in [2.05, 4.69) is 22.5 Å². The number of aromatic nitrogens is 1. The summed E-state index contributed by atoms with van der Waals surface area (Å²) in [5, 5.41) is 5.15. The summed E-state index contributed by atoms with van der Waals surface area (Å²) in [6, 6.07) is 9.73. The number of carbonyl (C=O) groups excluding carboxylic acids is 1. The Labute approximate surface area is 160 Å². The molecule has 1 fully saturated rings. The standard InChI is InChI=1S/C20H25N3O3S/c1-15-4-2-6-19(12-15)27(25,26)18-9-7-17(8-10-18)23-20(24)22-14-16-5-3-11-21-13-16/h3,5,7-11,13,15,19H,2,4,6,12,14H2,1H3,(H2,22,23,24). The summed E-state index contributed by atoms with van der Waals surface area (Å²) in [4.78, 5) is 16.3. The molecule has 0 bridgehead atoms. The van der Waals surface area contributed by atoms with Crippen LogP contribution < -0.4 is 10.6 Å². The number of carbonyl (C=O) groups is 1. The number of nitrogens with one attached hydrogen (secondary N) is 2. The molecule has 6 nitrogen and oxygen atoms in total. The molecule has 144 valence electrons. The zero-order valence-corrected chi connectivity index (χ0v) is 16.2. The first-order valence-electron chi connectivity index (χ1n) is 9.23. The van der Waals surface area contributed by atoms with E-state index in [1.165, 1.54) is 0 Å². The van der Waals surface area contributed by atoms with E-state index >= 15 is 0 Å². The molecule has 2 aromatic rings. The molecule has 2 amide bonds. The van der Waals surface area contributed by atoms with Crippen molar-refractivity contribution in [2.75, 3.05) is 5.32 Å². The molecule has 0 spiro atoms. The highest BCUT2D eigenvalue weighted by Crippen LogP contribution is 2.32. The quantitative estimate of drug-likeness (QED) is 0.818. The van der Waals surface area contributed by atoms with Crippen molar-refractivity contribution in [3.63, 3.8) is 0 Å². The molecule has 3 rings (SSSR count). The Morgan fingerprint density at radius 3 is 2.63 bits per heavy atom. The van der Waals surface area contributed by atoms with Crippen LogP contribution >= 0.6 is 0 Å². The molecule has 2 atom stereocenters. The van der Waals surface area contributed by atoms with E-state index in [1.807, 2.05) is 6.07 Å². The van der Waals surface area contributed by atoms with Gasteiger partial charge >= 0.3 is 6.03 Å². The number of anilines is 1. The van der Waals surface area contributed by atoms with Gasteiger partial charge < -0.3 is 10.6 Å². The van der Waals surface area contributed by atoms with Crippen molar-refractivity contribution in [3.05, 3.63) is 54.4 Å². The van der Waals surface area contributed by atoms with Crippen LogP contribution in [0.25, 0.3) is 0 Å². The van der Waals surface area contributed by atoms with Gasteiger partial charge in [-0.1, -0.05) is 25.8 Å². The third-order valence-corrected chi connectivity index (χ3v) is 7.18. The highest BCUT2D eigenvalue weighted by atomic mass is 32.2. The molecule has 1 aromatic heterocycles. The van der Waals surface area contributed by atoms with Crippen molar-refractivity contribution >= 4 is 21.6 Å². The topological polar surface area (TPSA) is 88.2 Å². The minimum Gasteiger partial charge on any atom is -0.334 e. The SMILES string of the molecule is CC1CCCC(S(=O)(=O)c2ccc(NC(=O)NCc3cccnc3)cc2)C1. The molecule has 1 aliphatic rings. The smallest absolute Gasteiger partial charge is 0.319 e. The summed E-state index contributed by atoms with van der Waals surface area (Å²) in [6.45, 7) is 2.48. The maximum atomic E-state index is 12.8. The molecule has 0 saturated heterocycles. The second-order valence-corrected chi connectivity index (χ2v) is 9.36. The van der Waals surface area contributed by atoms with Crippen LogP contribution in [0.2, 0.25) is 0 Å². The second-order valence-electron chi connectivity index (χ2n) is 7.13. The van der Waals surface area contributed by atoms with Crippen molar-refractivity contribution in [1.29, 1.82) is 0 Å². The van der Waals surface area contributed by atoms with Gasteiger partial charge in [-0.3, -0.25) is 4.98 Å². The summed E-state index contributed by atoms with van der Waals surface area (Å²) >= 11 is 0. The number of hydrogen-bond acceptors (Lipinski definition) is 4. The second kappa shape index (κ2) is 8.52. The lowest BCUT2D eigenvalue weighted by molar-refractivity contribution is 0.251. The van der Waals surface area contributed by atoms with Crippen LogP contribution in [-0.2, 0) is 16.4 Å². The van der Waals surface area contributed by atoms with Gasteiger partial charge in [-0.05, 0) is 54.7 Å². The van der Waals surface area contributed by atoms with E-state index in [0.717, 1.165) is 31.2 Å². The van der Waals surface area contributed by atoms with Crippen molar-refractivity contribution in [2.45, 2.75) is 49.3 Å². The van der Waals surface area contributed by atoms with Crippen molar-refractivity contribution in [2.24, 2.45) is 5.92 Å². The van der Waals surface area contributed by atoms with E-state index in [-0.39, 0.29) is 11.3 Å². The van der Waals surface area contributed by atoms with Gasteiger partial charge in [0.1, 0.15) is 0 Å². The van der Waals surface area contributed by atoms with Gasteiger partial charge in [0.05, 0.1) is 10.1 Å². The average molecular weight is 388 g/mol. The number of nitrogens with zero attached hydrogens (tertiary/aromatic N) is 1. The van der Waals surface area contributed by atoms with Gasteiger partial charge in [-0.2, -0.15) is 0 Å². The Hall–Kier alpha value is -2.41. The molecule has 1 aliphatic carbocycles. The minimum absolute atomic E-state index is 0.303. The number of amides is 2. The van der Waals surface area contributed by atoms with Crippen LogP contribution in [0.1, 0.15) is 38.2 Å². The molecule has 27 heavy (non-hydrogen) atoms. The molecular formula is C20H25N3O3S. The summed E-state index contributed by atoms with van der Waals surface area (Å²) in [6.07, 6.45) is 6.87. The minimum atomic E-state index is -3.32. The molecule has 2 unspecified atom stereocenters. The van der Waals surface area contributed by atoms with Gasteiger partial charge in [-0.25, -0.2) is 13.2 Å². The third kappa shape index (κ3) is 5.07. The zero-order chi connectivity index (χ0) is 19.3. The first-order valence-corrected chi connectivity index (χ1v) is 10.8. The fourth-order valence-corrected chi connectivity index (χ4v) is 5.40. The molecule has 1 aromatic carbocycles. The van der Waals surface area contributed by atoms with Gasteiger partial charge in [0.15, 0.2) is 9.84 Å². The summed E-state index contributed by atoms with van der Waals surface area (Å²) in [5.74, 6) is 0.447. The van der Waals surface area contributed by atoms with Crippen LogP contribution in [0, 0.1) is 5.92 Å². The van der Waals surface area contributed by atoms with E-state index in [9.17, 15) is 13.2 Å². The largest absolute Gasteiger partial charge is 0.334 e. The number of rotatable bonds is 5. The number of urea groups is 1. The Bertz CT molecular complexity index is 867. The highest BCUT2D eigenvalue weighted by Gasteiger charge is 2.31. The van der Waals surface area contributed by atoms with Gasteiger partial charge in [0.25, 0.3) is 0 Å². The van der Waals surface area contributed by atoms with Gasteiger partial charge in [0, 0.05) is 24.6 Å². The first-order chi connectivity index (χ1) is 12.9. The fourth-order valence-electron chi connectivity index (χ4n) is 3.44. The van der Waals surface area contributed by atoms with Crippen molar-refractivity contribution < 1.29 is 13.2 Å². The lowest BCUT2D eigenvalue weighted by atomic mass is 9.91. The predicted octanol–water partition coefficient (Wildman–Crippen LogP) is 3.76. The Balaban J connectivity index is 1.59. The monoisotopic (exact) mass is 387 g/mol. The van der Waals surface area contributed by atoms with Crippen molar-refractivity contribution in [3.8, 4) is 0 Å². The van der Waals surface area contributed by atoms with Crippen LogP contribution in [-0.4, -0.2) is 24.7 Å². The average Bonchev–Trinajstić information content (AvgIpc) is 2.68. The van der Waals surface area contributed by atoms with Gasteiger partial charge in [-0.15, -0.1) is 0 Å². The third-order valence-electron chi connectivity index (χ3n) is 4.94. The number of pyridine rings is 1. The van der Waals surface area contributed by atoms with Crippen LogP contribution in [0.4, 0.5) is 10.5 Å². The molecule has 1 heterocycles. The predicted molar refractivity (Wildman–Crippen MR) is 105 cm³/mol. The van der Waals surface area contributed by atoms with E-state index < -0.39 is 9.84 Å². The molecule has 0 aliphatic heterocycles. The number of hydrogen-bond donors (Lipinski definition) is 2. The number of sulfone groups is 1. The van der Waals surface area contributed by atoms with Crippen LogP contribution in [0.15, 0.2) is 53.7 Å². The molecule has 1 saturated carbocycles. The lowest BCUT2D eigenvalue weighted by Crippen LogP contribution is -2.28. The summed E-state index contributed by atoms with van der Waals surface area (Å²) in [5.41, 5.74) is 1.45. The Morgan fingerprint density at radius 2 is 1.96 bits per heavy atom. The zero-order valence-electron chi connectivity index (χ0n) is 15.4. The molecular weight excluding hydrogens is 362 g/mol. The molecule has 2 N–H and O–H groups in total. The lowest BCUT2D eigenvalue weighted by Gasteiger charge is -2.26. The summed E-state index contributed by atoms with van der Waals surface area (Å²) < 4.78 is 25.6. The molecule has 0 radical (unpaired) electrons. The Kier molecular flexibility index (Phi) is 6.11. The fraction of sp³-hybridized carbons (Fsp3) is 0.400. The van der Waals surface area contributed by atoms with Gasteiger partial charge in [0.2, 0.25) is 0 Å². The van der Waals surface area contributed by atoms with Crippen molar-refractivity contribution in [1.82, 2.24) is 10.3 Å².